The first-order valence-electron chi connectivity index (χ1n) is 5.38. The highest BCUT2D eigenvalue weighted by Crippen LogP contribution is 2.28. The number of rotatable bonds is 2. The molecule has 0 bridgehead atoms. The molecule has 82 valence electrons. The zero-order chi connectivity index (χ0) is 11.0. The number of benzene rings is 1. The summed E-state index contributed by atoms with van der Waals surface area (Å²) in [5.74, 6) is 0.364. The topological polar surface area (TPSA) is 58.3 Å². The molecule has 1 aliphatic rings. The molecule has 0 unspecified atom stereocenters. The number of hydrogen-bond donors (Lipinski definition) is 3. The van der Waals surface area contributed by atoms with Gasteiger partial charge in [0.15, 0.2) is 0 Å². The summed E-state index contributed by atoms with van der Waals surface area (Å²) in [6, 6.07) is 4.66. The molecule has 0 heterocycles. The lowest BCUT2D eigenvalue weighted by atomic mass is 9.87. The maximum absolute atomic E-state index is 9.52. The van der Waals surface area contributed by atoms with E-state index in [0.29, 0.717) is 17.8 Å². The monoisotopic (exact) mass is 206 g/mol. The summed E-state index contributed by atoms with van der Waals surface area (Å²) in [5, 5.41) is 13.0. The van der Waals surface area contributed by atoms with E-state index in [2.05, 4.69) is 5.32 Å². The summed E-state index contributed by atoms with van der Waals surface area (Å²) in [6.45, 7) is 3.91. The van der Waals surface area contributed by atoms with E-state index in [0.717, 1.165) is 29.7 Å². The van der Waals surface area contributed by atoms with Gasteiger partial charge in [0.25, 0.3) is 0 Å². The van der Waals surface area contributed by atoms with E-state index in [9.17, 15) is 5.11 Å². The zero-order valence-corrected chi connectivity index (χ0v) is 9.25. The standard InChI is InChI=1S/C12H18N2O/c1-7-4-12(15)8(2)3-11(7)14-10-5-9(13)6-10/h3-4,9-10,14-15H,5-6,13H2,1-2H3. The molecule has 1 fully saturated rings. The van der Waals surface area contributed by atoms with E-state index in [1.54, 1.807) is 6.07 Å². The van der Waals surface area contributed by atoms with Gasteiger partial charge < -0.3 is 16.2 Å². The van der Waals surface area contributed by atoms with Crippen LogP contribution in [-0.2, 0) is 0 Å². The largest absolute Gasteiger partial charge is 0.508 e. The predicted octanol–water partition coefficient (Wildman–Crippen LogP) is 1.91. The van der Waals surface area contributed by atoms with Crippen LogP contribution in [0.2, 0.25) is 0 Å². The maximum Gasteiger partial charge on any atom is 0.118 e. The predicted molar refractivity (Wildman–Crippen MR) is 62.2 cm³/mol. The van der Waals surface area contributed by atoms with Crippen LogP contribution in [0.4, 0.5) is 5.69 Å². The summed E-state index contributed by atoms with van der Waals surface area (Å²) in [4.78, 5) is 0. The van der Waals surface area contributed by atoms with Crippen LogP contribution in [0.5, 0.6) is 5.75 Å². The molecule has 0 saturated heterocycles. The summed E-state index contributed by atoms with van der Waals surface area (Å²) in [7, 11) is 0. The third kappa shape index (κ3) is 2.07. The van der Waals surface area contributed by atoms with E-state index in [4.69, 9.17) is 5.73 Å². The van der Waals surface area contributed by atoms with Gasteiger partial charge in [-0.15, -0.1) is 0 Å². The minimum absolute atomic E-state index is 0.362. The van der Waals surface area contributed by atoms with Crippen LogP contribution in [0.15, 0.2) is 12.1 Å². The highest BCUT2D eigenvalue weighted by molar-refractivity contribution is 5.57. The van der Waals surface area contributed by atoms with Crippen molar-refractivity contribution < 1.29 is 5.11 Å². The zero-order valence-electron chi connectivity index (χ0n) is 9.25. The molecule has 3 nitrogen and oxygen atoms in total. The average Bonchev–Trinajstić information content (AvgIpc) is 2.11. The lowest BCUT2D eigenvalue weighted by Crippen LogP contribution is -2.44. The molecular formula is C12H18N2O. The fourth-order valence-electron chi connectivity index (χ4n) is 1.96. The van der Waals surface area contributed by atoms with Crippen molar-refractivity contribution in [1.29, 1.82) is 0 Å². The Balaban J connectivity index is 2.11. The molecule has 4 N–H and O–H groups in total. The summed E-state index contributed by atoms with van der Waals surface area (Å²) >= 11 is 0. The lowest BCUT2D eigenvalue weighted by molar-refractivity contribution is 0.373. The number of aromatic hydroxyl groups is 1. The molecular weight excluding hydrogens is 188 g/mol. The fraction of sp³-hybridized carbons (Fsp3) is 0.500. The molecule has 0 spiro atoms. The minimum atomic E-state index is 0.362. The molecule has 15 heavy (non-hydrogen) atoms. The molecule has 0 amide bonds. The van der Waals surface area contributed by atoms with Gasteiger partial charge in [-0.05, 0) is 49.9 Å². The number of aryl methyl sites for hydroxylation is 2. The van der Waals surface area contributed by atoms with E-state index < -0.39 is 0 Å². The third-order valence-corrected chi connectivity index (χ3v) is 3.08. The first-order valence-corrected chi connectivity index (χ1v) is 5.38. The Labute approximate surface area is 90.3 Å². The van der Waals surface area contributed by atoms with Crippen molar-refractivity contribution in [3.05, 3.63) is 23.3 Å². The molecule has 0 aliphatic heterocycles. The Morgan fingerprint density at radius 1 is 1.27 bits per heavy atom. The third-order valence-electron chi connectivity index (χ3n) is 3.08. The van der Waals surface area contributed by atoms with Crippen molar-refractivity contribution in [3.8, 4) is 5.75 Å². The number of nitrogens with two attached hydrogens (primary N) is 1. The van der Waals surface area contributed by atoms with E-state index in [1.165, 1.54) is 0 Å². The molecule has 0 aromatic heterocycles. The summed E-state index contributed by atoms with van der Waals surface area (Å²) in [6.07, 6.45) is 2.08. The number of hydrogen-bond acceptors (Lipinski definition) is 3. The van der Waals surface area contributed by atoms with Gasteiger partial charge >= 0.3 is 0 Å². The Kier molecular flexibility index (Phi) is 2.57. The Hall–Kier alpha value is -1.22. The van der Waals surface area contributed by atoms with Crippen molar-refractivity contribution in [1.82, 2.24) is 0 Å². The van der Waals surface area contributed by atoms with Crippen molar-refractivity contribution >= 4 is 5.69 Å². The van der Waals surface area contributed by atoms with Crippen LogP contribution >= 0.6 is 0 Å². The van der Waals surface area contributed by atoms with Crippen molar-refractivity contribution in [2.75, 3.05) is 5.32 Å². The van der Waals surface area contributed by atoms with Crippen LogP contribution in [0, 0.1) is 13.8 Å². The molecule has 0 radical (unpaired) electrons. The molecule has 2 rings (SSSR count). The minimum Gasteiger partial charge on any atom is -0.508 e. The SMILES string of the molecule is Cc1cc(NC2CC(N)C2)c(C)cc1O. The van der Waals surface area contributed by atoms with E-state index in [1.807, 2.05) is 19.9 Å². The second-order valence-electron chi connectivity index (χ2n) is 4.53. The van der Waals surface area contributed by atoms with Crippen LogP contribution in [0.3, 0.4) is 0 Å². The van der Waals surface area contributed by atoms with Gasteiger partial charge in [-0.2, -0.15) is 0 Å². The van der Waals surface area contributed by atoms with Gasteiger partial charge in [-0.1, -0.05) is 0 Å². The van der Waals surface area contributed by atoms with Crippen LogP contribution in [-0.4, -0.2) is 17.2 Å². The molecule has 0 atom stereocenters. The van der Waals surface area contributed by atoms with Crippen molar-refractivity contribution in [2.45, 2.75) is 38.8 Å². The van der Waals surface area contributed by atoms with Crippen molar-refractivity contribution in [3.63, 3.8) is 0 Å². The van der Waals surface area contributed by atoms with Crippen LogP contribution in [0.25, 0.3) is 0 Å². The van der Waals surface area contributed by atoms with Crippen LogP contribution in [0.1, 0.15) is 24.0 Å². The Bertz CT molecular complexity index is 370. The summed E-state index contributed by atoms with van der Waals surface area (Å²) in [5.41, 5.74) is 8.84. The van der Waals surface area contributed by atoms with Gasteiger partial charge in [0, 0.05) is 17.8 Å². The second-order valence-corrected chi connectivity index (χ2v) is 4.53. The number of nitrogens with one attached hydrogen (secondary N) is 1. The first kappa shape index (κ1) is 10.3. The molecule has 1 aromatic rings. The quantitative estimate of drug-likeness (QED) is 0.648. The molecule has 3 heteroatoms. The van der Waals surface area contributed by atoms with Gasteiger partial charge in [-0.25, -0.2) is 0 Å². The molecule has 1 aliphatic carbocycles. The molecule has 1 saturated carbocycles. The Morgan fingerprint density at radius 2 is 1.93 bits per heavy atom. The lowest BCUT2D eigenvalue weighted by Gasteiger charge is -2.34. The van der Waals surface area contributed by atoms with Gasteiger partial charge in [0.2, 0.25) is 0 Å². The molecule has 1 aromatic carbocycles. The average molecular weight is 206 g/mol. The summed E-state index contributed by atoms with van der Waals surface area (Å²) < 4.78 is 0. The number of anilines is 1. The first-order chi connectivity index (χ1) is 7.06. The van der Waals surface area contributed by atoms with E-state index in [-0.39, 0.29) is 0 Å². The van der Waals surface area contributed by atoms with Gasteiger partial charge in [-0.3, -0.25) is 0 Å². The fourth-order valence-corrected chi connectivity index (χ4v) is 1.96. The Morgan fingerprint density at radius 3 is 2.53 bits per heavy atom. The second kappa shape index (κ2) is 3.74. The maximum atomic E-state index is 9.52. The smallest absolute Gasteiger partial charge is 0.118 e. The highest BCUT2D eigenvalue weighted by atomic mass is 16.3. The number of phenols is 1. The van der Waals surface area contributed by atoms with Crippen molar-refractivity contribution in [2.24, 2.45) is 5.73 Å². The van der Waals surface area contributed by atoms with E-state index >= 15 is 0 Å². The van der Waals surface area contributed by atoms with Crippen LogP contribution < -0.4 is 11.1 Å². The highest BCUT2D eigenvalue weighted by Gasteiger charge is 2.25. The van der Waals surface area contributed by atoms with Gasteiger partial charge in [0.05, 0.1) is 0 Å². The normalized spacial score (nSPS) is 24.7. The number of phenolic OH excluding ortho intramolecular Hbond substituents is 1. The van der Waals surface area contributed by atoms with Gasteiger partial charge in [0.1, 0.15) is 5.75 Å².